The standard InChI is InChI=1S/C26H30F4N3OP/c1-19-13-14-24(34-19)35(25(2,3)4,31-22-11-7-5-9-20(22)26(28,29)30)33-17-15-32(16-18-33)23-12-8-6-10-21(23)27/h5-14H,15-18H2,1-4H3/t35-/m1/s1. The molecule has 0 N–H and O–H groups in total. The van der Waals surface area contributed by atoms with Gasteiger partial charge < -0.3 is 9.32 Å². The molecule has 0 bridgehead atoms. The van der Waals surface area contributed by atoms with Gasteiger partial charge in [0.1, 0.15) is 18.8 Å². The average Bonchev–Trinajstić information content (AvgIpc) is 3.23. The molecule has 1 aliphatic rings. The van der Waals surface area contributed by atoms with Crippen LogP contribution in [0.2, 0.25) is 0 Å². The first kappa shape index (κ1) is 25.5. The number of para-hydroxylation sites is 1. The van der Waals surface area contributed by atoms with Gasteiger partial charge in [-0.25, -0.2) is 9.14 Å². The van der Waals surface area contributed by atoms with Crippen molar-refractivity contribution in [1.29, 1.82) is 0 Å². The second-order valence-electron chi connectivity index (χ2n) is 9.66. The summed E-state index contributed by atoms with van der Waals surface area (Å²) in [6.45, 7) is 9.89. The van der Waals surface area contributed by atoms with Crippen LogP contribution in [0.5, 0.6) is 0 Å². The molecule has 9 heteroatoms. The summed E-state index contributed by atoms with van der Waals surface area (Å²) >= 11 is 0. The normalized spacial score (nSPS) is 17.3. The van der Waals surface area contributed by atoms with E-state index in [1.165, 1.54) is 18.2 Å². The lowest BCUT2D eigenvalue weighted by Gasteiger charge is -2.47. The Balaban J connectivity index is 1.86. The third-order valence-electron chi connectivity index (χ3n) is 6.29. The van der Waals surface area contributed by atoms with E-state index in [9.17, 15) is 17.6 Å². The van der Waals surface area contributed by atoms with E-state index in [0.29, 0.717) is 43.1 Å². The van der Waals surface area contributed by atoms with Gasteiger partial charge in [-0.05, 0) is 43.3 Å². The number of piperazine rings is 1. The highest BCUT2D eigenvalue weighted by Crippen LogP contribution is 2.65. The minimum Gasteiger partial charge on any atom is -0.459 e. The first-order chi connectivity index (χ1) is 16.4. The van der Waals surface area contributed by atoms with Crippen LogP contribution in [0.25, 0.3) is 0 Å². The van der Waals surface area contributed by atoms with E-state index in [-0.39, 0.29) is 11.5 Å². The molecule has 2 aromatic carbocycles. The van der Waals surface area contributed by atoms with Gasteiger partial charge >= 0.3 is 6.18 Å². The molecule has 3 aromatic rings. The van der Waals surface area contributed by atoms with Gasteiger partial charge in [0, 0.05) is 31.3 Å². The molecule has 0 amide bonds. The molecule has 0 unspecified atom stereocenters. The predicted octanol–water partition coefficient (Wildman–Crippen LogP) is 7.44. The van der Waals surface area contributed by atoms with Gasteiger partial charge in [0.15, 0.2) is 5.50 Å². The van der Waals surface area contributed by atoms with Crippen LogP contribution in [0.1, 0.15) is 32.1 Å². The number of furan rings is 1. The Bertz CT molecular complexity index is 1240. The van der Waals surface area contributed by atoms with Crippen molar-refractivity contribution in [2.45, 2.75) is 39.0 Å². The molecule has 0 spiro atoms. The summed E-state index contributed by atoms with van der Waals surface area (Å²) < 4.78 is 69.4. The largest absolute Gasteiger partial charge is 0.459 e. The topological polar surface area (TPSA) is 32.0 Å². The number of halogens is 4. The summed E-state index contributed by atoms with van der Waals surface area (Å²) in [5, 5.41) is -0.532. The summed E-state index contributed by atoms with van der Waals surface area (Å²) in [4.78, 5) is 1.97. The van der Waals surface area contributed by atoms with E-state index < -0.39 is 24.1 Å². The Labute approximate surface area is 203 Å². The summed E-state index contributed by atoms with van der Waals surface area (Å²) in [6.07, 6.45) is -4.53. The molecule has 0 radical (unpaired) electrons. The highest BCUT2D eigenvalue weighted by molar-refractivity contribution is 7.72. The summed E-state index contributed by atoms with van der Waals surface area (Å²) in [7, 11) is -2.86. The van der Waals surface area contributed by atoms with Crippen LogP contribution in [0.4, 0.5) is 28.9 Å². The van der Waals surface area contributed by atoms with Crippen molar-refractivity contribution in [2.75, 3.05) is 31.1 Å². The van der Waals surface area contributed by atoms with Crippen molar-refractivity contribution < 1.29 is 22.0 Å². The molecule has 0 aliphatic carbocycles. The fourth-order valence-electron chi connectivity index (χ4n) is 4.64. The van der Waals surface area contributed by atoms with Crippen LogP contribution >= 0.6 is 7.21 Å². The third kappa shape index (κ3) is 4.91. The van der Waals surface area contributed by atoms with Gasteiger partial charge in [-0.2, -0.15) is 13.2 Å². The van der Waals surface area contributed by atoms with Crippen molar-refractivity contribution in [3.63, 3.8) is 0 Å². The van der Waals surface area contributed by atoms with Crippen molar-refractivity contribution in [1.82, 2.24) is 4.67 Å². The maximum Gasteiger partial charge on any atom is 0.418 e. The van der Waals surface area contributed by atoms with Gasteiger partial charge in [-0.15, -0.1) is 0 Å². The number of hydrogen-bond acceptors (Lipinski definition) is 3. The van der Waals surface area contributed by atoms with Crippen molar-refractivity contribution in [2.24, 2.45) is 4.74 Å². The van der Waals surface area contributed by atoms with Crippen molar-refractivity contribution in [3.8, 4) is 0 Å². The zero-order valence-corrected chi connectivity index (χ0v) is 21.2. The number of benzene rings is 2. The Morgan fingerprint density at radius 3 is 2.06 bits per heavy atom. The van der Waals surface area contributed by atoms with Crippen LogP contribution in [0.15, 0.2) is 69.8 Å². The summed E-state index contributed by atoms with van der Waals surface area (Å²) in [5.74, 6) is 0.390. The summed E-state index contributed by atoms with van der Waals surface area (Å²) in [5.41, 5.74) is 0.273. The maximum atomic E-state index is 14.4. The van der Waals surface area contributed by atoms with Crippen LogP contribution < -0.4 is 10.4 Å². The quantitative estimate of drug-likeness (QED) is 0.272. The zero-order valence-electron chi connectivity index (χ0n) is 20.3. The lowest BCUT2D eigenvalue weighted by Crippen LogP contribution is -2.49. The minimum absolute atomic E-state index is 0.0890. The number of aryl methyl sites for hydroxylation is 1. The first-order valence-electron chi connectivity index (χ1n) is 11.5. The molecule has 1 aliphatic heterocycles. The van der Waals surface area contributed by atoms with Crippen molar-refractivity contribution >= 4 is 24.1 Å². The Morgan fingerprint density at radius 1 is 0.857 bits per heavy atom. The minimum atomic E-state index is -4.53. The molecule has 2 heterocycles. The van der Waals surface area contributed by atoms with E-state index in [0.717, 1.165) is 6.07 Å². The van der Waals surface area contributed by atoms with Crippen LogP contribution in [0.3, 0.4) is 0 Å². The van der Waals surface area contributed by atoms with Gasteiger partial charge in [0.05, 0.1) is 16.9 Å². The smallest absolute Gasteiger partial charge is 0.418 e. The predicted molar refractivity (Wildman–Crippen MR) is 133 cm³/mol. The van der Waals surface area contributed by atoms with Crippen LogP contribution in [0, 0.1) is 12.7 Å². The fraction of sp³-hybridized carbons (Fsp3) is 0.385. The molecule has 4 nitrogen and oxygen atoms in total. The molecule has 1 saturated heterocycles. The first-order valence-corrected chi connectivity index (χ1v) is 13.2. The molecule has 1 atom stereocenters. The molecule has 188 valence electrons. The fourth-order valence-corrected chi connectivity index (χ4v) is 8.75. The molecule has 1 aromatic heterocycles. The van der Waals surface area contributed by atoms with E-state index in [1.54, 1.807) is 24.3 Å². The van der Waals surface area contributed by atoms with Gasteiger partial charge in [0.25, 0.3) is 0 Å². The number of hydrogen-bond donors (Lipinski definition) is 0. The van der Waals surface area contributed by atoms with E-state index in [2.05, 4.69) is 4.67 Å². The highest BCUT2D eigenvalue weighted by Gasteiger charge is 2.45. The second-order valence-corrected chi connectivity index (χ2v) is 13.4. The number of anilines is 1. The van der Waals surface area contributed by atoms with Crippen LogP contribution in [-0.4, -0.2) is 36.0 Å². The second kappa shape index (κ2) is 9.47. The Hall–Kier alpha value is -2.57. The van der Waals surface area contributed by atoms with Crippen LogP contribution in [-0.2, 0) is 6.18 Å². The monoisotopic (exact) mass is 507 g/mol. The Morgan fingerprint density at radius 2 is 1.49 bits per heavy atom. The summed E-state index contributed by atoms with van der Waals surface area (Å²) in [6, 6.07) is 15.8. The average molecular weight is 508 g/mol. The van der Waals surface area contributed by atoms with E-state index >= 15 is 0 Å². The molecular formula is C26H30F4N3OP. The van der Waals surface area contributed by atoms with Crippen molar-refractivity contribution in [3.05, 3.63) is 77.8 Å². The SMILES string of the molecule is Cc1ccc([P@@](=Nc2ccccc2C(F)(F)F)(N2CCN(c3ccccc3F)CC2)C(C)(C)C)o1. The Kier molecular flexibility index (Phi) is 6.91. The van der Waals surface area contributed by atoms with E-state index in [1.807, 2.05) is 44.7 Å². The lowest BCUT2D eigenvalue weighted by atomic mass is 10.2. The van der Waals surface area contributed by atoms with Gasteiger partial charge in [-0.1, -0.05) is 45.0 Å². The molecule has 0 saturated carbocycles. The van der Waals surface area contributed by atoms with Gasteiger partial charge in [-0.3, -0.25) is 4.67 Å². The molecule has 1 fully saturated rings. The number of nitrogens with zero attached hydrogens (tertiary/aromatic N) is 3. The maximum absolute atomic E-state index is 14.4. The number of rotatable bonds is 4. The highest BCUT2D eigenvalue weighted by atomic mass is 31.2. The molecular weight excluding hydrogens is 477 g/mol. The van der Waals surface area contributed by atoms with E-state index in [4.69, 9.17) is 9.16 Å². The molecule has 4 rings (SSSR count). The lowest BCUT2D eigenvalue weighted by molar-refractivity contribution is -0.137. The van der Waals surface area contributed by atoms with Gasteiger partial charge in [0.2, 0.25) is 0 Å². The third-order valence-corrected chi connectivity index (χ3v) is 10.7. The number of alkyl halides is 3. The molecule has 35 heavy (non-hydrogen) atoms. The zero-order chi connectivity index (χ0) is 25.4.